The van der Waals surface area contributed by atoms with Crippen molar-refractivity contribution in [2.24, 2.45) is 0 Å². The molecule has 11 heteroatoms. The number of carbonyl (C=O) groups excluding carboxylic acids is 1. The third-order valence-electron chi connectivity index (χ3n) is 14.1. The van der Waals surface area contributed by atoms with Crippen molar-refractivity contribution in [3.8, 4) is 17.2 Å². The summed E-state index contributed by atoms with van der Waals surface area (Å²) in [5.41, 5.74) is 9.29. The third kappa shape index (κ3) is 9.05. The molecular weight excluding hydrogens is 831 g/mol. The number of anilines is 1. The van der Waals surface area contributed by atoms with Crippen molar-refractivity contribution in [2.75, 3.05) is 70.7 Å². The van der Waals surface area contributed by atoms with Gasteiger partial charge in [-0.3, -0.25) is 4.79 Å². The highest BCUT2D eigenvalue weighted by atomic mass is 16.5. The summed E-state index contributed by atoms with van der Waals surface area (Å²) in [4.78, 5) is 29.6. The molecule has 0 bridgehead atoms. The molecule has 0 spiro atoms. The molecule has 0 unspecified atom stereocenters. The molecule has 0 aromatic heterocycles. The number of hydrogen-bond acceptors (Lipinski definition) is 8. The van der Waals surface area contributed by atoms with Gasteiger partial charge in [0.1, 0.15) is 36.9 Å². The van der Waals surface area contributed by atoms with E-state index in [9.17, 15) is 19.8 Å². The number of aliphatic hydroxyl groups excluding tert-OH is 1. The fraction of sp³-hybridized carbons (Fsp3) is 0.436. The van der Waals surface area contributed by atoms with Crippen LogP contribution in [0.2, 0.25) is 0 Å². The van der Waals surface area contributed by atoms with Crippen LogP contribution in [0, 0.1) is 0 Å². The van der Waals surface area contributed by atoms with E-state index in [1.165, 1.54) is 33.3 Å². The van der Waals surface area contributed by atoms with Gasteiger partial charge in [0.25, 0.3) is 5.91 Å². The van der Waals surface area contributed by atoms with E-state index in [0.717, 1.165) is 148 Å². The summed E-state index contributed by atoms with van der Waals surface area (Å²) in [5, 5.41) is 28.7. The lowest BCUT2D eigenvalue weighted by atomic mass is 9.82. The Morgan fingerprint density at radius 2 is 1.56 bits per heavy atom. The van der Waals surface area contributed by atoms with Crippen molar-refractivity contribution in [1.82, 2.24) is 9.89 Å². The Kier molecular flexibility index (Phi) is 13.4. The molecule has 0 aliphatic carbocycles. The molecule has 0 radical (unpaired) electrons. The number of nitrogens with one attached hydrogen (secondary N) is 1. The van der Waals surface area contributed by atoms with Crippen molar-refractivity contribution in [3.05, 3.63) is 128 Å². The van der Waals surface area contributed by atoms with Crippen LogP contribution < -0.4 is 34.8 Å². The molecular formula is C55H62N3O8+. The average molecular weight is 893 g/mol. The number of aromatic carboxylic acids is 1. The molecule has 1 atom stereocenters. The number of carboxylic acid groups (broad SMARTS) is 1. The van der Waals surface area contributed by atoms with Gasteiger partial charge in [-0.15, -0.1) is 0 Å². The Morgan fingerprint density at radius 3 is 2.47 bits per heavy atom. The van der Waals surface area contributed by atoms with Gasteiger partial charge in [-0.2, -0.15) is 0 Å². The number of aryl methyl sites for hydroxylation is 2. The zero-order valence-corrected chi connectivity index (χ0v) is 38.0. The van der Waals surface area contributed by atoms with E-state index in [-0.39, 0.29) is 18.1 Å². The molecule has 0 saturated heterocycles. The van der Waals surface area contributed by atoms with E-state index in [2.05, 4.69) is 26.9 Å². The van der Waals surface area contributed by atoms with Gasteiger partial charge >= 0.3 is 5.97 Å². The highest BCUT2D eigenvalue weighted by Gasteiger charge is 2.36. The van der Waals surface area contributed by atoms with Gasteiger partial charge < -0.3 is 39.4 Å². The van der Waals surface area contributed by atoms with Crippen LogP contribution in [0.25, 0.3) is 16.3 Å². The minimum Gasteiger partial charge on any atom is -0.490 e. The van der Waals surface area contributed by atoms with Gasteiger partial charge in [0.15, 0.2) is 0 Å². The molecule has 5 aliphatic heterocycles. The van der Waals surface area contributed by atoms with Crippen molar-refractivity contribution in [2.45, 2.75) is 89.6 Å². The lowest BCUT2D eigenvalue weighted by molar-refractivity contribution is 0.0446. The van der Waals surface area contributed by atoms with Crippen molar-refractivity contribution in [1.29, 1.82) is 0 Å². The number of carbonyl (C=O) groups is 2. The zero-order valence-electron chi connectivity index (χ0n) is 38.0. The first kappa shape index (κ1) is 44.1. The van der Waals surface area contributed by atoms with Crippen molar-refractivity contribution in [3.63, 3.8) is 0 Å². The van der Waals surface area contributed by atoms with Gasteiger partial charge in [0, 0.05) is 83.2 Å². The predicted octanol–water partition coefficient (Wildman–Crippen LogP) is 7.13. The summed E-state index contributed by atoms with van der Waals surface area (Å²) in [6.07, 6.45) is 12.0. The van der Waals surface area contributed by atoms with Crippen molar-refractivity contribution < 1.29 is 38.7 Å². The van der Waals surface area contributed by atoms with Crippen LogP contribution in [-0.2, 0) is 35.2 Å². The summed E-state index contributed by atoms with van der Waals surface area (Å²) in [5.74, 6) is 1.18. The topological polar surface area (TPSA) is 130 Å². The lowest BCUT2D eigenvalue weighted by Gasteiger charge is -2.35. The Balaban J connectivity index is 0.806. The van der Waals surface area contributed by atoms with Crippen LogP contribution in [0.3, 0.4) is 0 Å². The van der Waals surface area contributed by atoms with Gasteiger partial charge in [-0.25, -0.2) is 9.37 Å². The van der Waals surface area contributed by atoms with Crippen LogP contribution in [0.15, 0.2) is 72.8 Å². The van der Waals surface area contributed by atoms with Crippen LogP contribution >= 0.6 is 0 Å². The molecule has 344 valence electrons. The van der Waals surface area contributed by atoms with E-state index < -0.39 is 12.1 Å². The highest BCUT2D eigenvalue weighted by molar-refractivity contribution is 6.02. The second-order valence-electron chi connectivity index (χ2n) is 18.5. The second-order valence-corrected chi connectivity index (χ2v) is 18.5. The Hall–Kier alpha value is -5.75. The number of ether oxygens (including phenoxy) is 4. The molecule has 5 aromatic rings. The molecule has 11 nitrogen and oxygen atoms in total. The zero-order chi connectivity index (χ0) is 45.0. The average Bonchev–Trinajstić information content (AvgIpc) is 3.69. The standard InChI is InChI=1S/C55H61N3O8/c59-40(35-65-48-20-9-15-36-12-1-2-17-41(36)48)16-5-8-28-63-30-31-64-29-23-56-54(60)39-21-22-42(55(61)62)45(34-39)49-46-32-37-13-3-6-24-57-26-10-18-43(50(37)57)52(46)66-53-44-19-11-27-58-25-7-4-14-38(51(44)58)33-47(49)53/h1-2,9,12,15,17,20-22,32-34,40,59H,3-8,10-11,13-14,16,18-19,23-31,35H2,(H-,56,60,61,62)/p+1/t40-/m0/s1. The van der Waals surface area contributed by atoms with Gasteiger partial charge in [0.2, 0.25) is 5.36 Å². The number of aliphatic hydroxyl groups is 1. The summed E-state index contributed by atoms with van der Waals surface area (Å²) in [7, 11) is 0. The maximum Gasteiger partial charge on any atom is 0.336 e. The van der Waals surface area contributed by atoms with E-state index in [0.29, 0.717) is 50.5 Å². The predicted molar refractivity (Wildman–Crippen MR) is 256 cm³/mol. The maximum atomic E-state index is 13.8. The van der Waals surface area contributed by atoms with Gasteiger partial charge in [-0.05, 0) is 124 Å². The summed E-state index contributed by atoms with van der Waals surface area (Å²) in [6.45, 7) is 6.39. The number of amides is 1. The molecule has 5 aromatic carbocycles. The van der Waals surface area contributed by atoms with E-state index in [1.807, 2.05) is 42.5 Å². The largest absolute Gasteiger partial charge is 0.490 e. The minimum atomic E-state index is -1.03. The Labute approximate surface area is 386 Å². The minimum absolute atomic E-state index is 0.168. The first-order chi connectivity index (χ1) is 32.4. The number of benzene rings is 5. The van der Waals surface area contributed by atoms with Crippen LogP contribution in [0.1, 0.15) is 112 Å². The summed E-state index contributed by atoms with van der Waals surface area (Å²) >= 11 is 0. The second kappa shape index (κ2) is 20.0. The van der Waals surface area contributed by atoms with Gasteiger partial charge in [0.05, 0.1) is 37.1 Å². The van der Waals surface area contributed by atoms with Crippen molar-refractivity contribution >= 4 is 33.9 Å². The van der Waals surface area contributed by atoms with Crippen LogP contribution in [-0.4, -0.2) is 94.0 Å². The number of fused-ring (bicyclic) bond motifs is 5. The van der Waals surface area contributed by atoms with Crippen LogP contribution in [0.4, 0.5) is 5.69 Å². The summed E-state index contributed by atoms with van der Waals surface area (Å²) < 4.78 is 27.3. The molecule has 5 aliphatic rings. The quantitative estimate of drug-likeness (QED) is 0.0648. The lowest BCUT2D eigenvalue weighted by Crippen LogP contribution is -2.41. The Bertz CT molecular complexity index is 2780. The number of nitrogens with zero attached hydrogens (tertiary/aromatic N) is 2. The van der Waals surface area contributed by atoms with E-state index in [4.69, 9.17) is 18.9 Å². The Morgan fingerprint density at radius 1 is 0.758 bits per heavy atom. The van der Waals surface area contributed by atoms with Gasteiger partial charge in [-0.1, -0.05) is 36.4 Å². The fourth-order valence-electron chi connectivity index (χ4n) is 11.0. The number of rotatable bonds is 17. The van der Waals surface area contributed by atoms with E-state index in [1.54, 1.807) is 18.2 Å². The molecule has 10 rings (SSSR count). The number of unbranched alkanes of at least 4 members (excludes halogenated alkanes) is 1. The first-order valence-corrected chi connectivity index (χ1v) is 24.5. The normalized spacial score (nSPS) is 16.5. The molecule has 0 saturated carbocycles. The maximum absolute atomic E-state index is 13.8. The highest BCUT2D eigenvalue weighted by Crippen LogP contribution is 2.48. The first-order valence-electron chi connectivity index (χ1n) is 24.5. The molecule has 3 N–H and O–H groups in total. The van der Waals surface area contributed by atoms with E-state index >= 15 is 0 Å². The molecule has 5 heterocycles. The SMILES string of the molecule is O=C(NCCOCCOCCCC[C@H](O)COc1cccc2ccccc12)c1ccc(C(=O)O)c(C2=c3cc4c5c(c3Oc3c2cc2c6c3CCCN6CCCC2)CCC[N+]=5CCCC4)c1. The fourth-order valence-corrected chi connectivity index (χ4v) is 11.0. The molecule has 66 heavy (non-hydrogen) atoms. The number of carboxylic acids is 1. The molecule has 0 fully saturated rings. The molecule has 1 amide bonds. The number of hydrogen-bond donors (Lipinski definition) is 3. The smallest absolute Gasteiger partial charge is 0.336 e. The third-order valence-corrected chi connectivity index (χ3v) is 14.1. The van der Waals surface area contributed by atoms with Crippen LogP contribution in [0.5, 0.6) is 17.2 Å². The summed E-state index contributed by atoms with van der Waals surface area (Å²) in [6, 6.07) is 23.6. The monoisotopic (exact) mass is 892 g/mol.